The van der Waals surface area contributed by atoms with Gasteiger partial charge in [0.05, 0.1) is 5.52 Å². The van der Waals surface area contributed by atoms with Crippen molar-refractivity contribution in [3.8, 4) is 11.3 Å². The number of fused-ring (bicyclic) bond motifs is 1. The molecule has 5 nitrogen and oxygen atoms in total. The van der Waals surface area contributed by atoms with Gasteiger partial charge in [0, 0.05) is 43.6 Å². The molecule has 165 valence electrons. The number of benzene rings is 2. The molecule has 0 spiro atoms. The average molecular weight is 600 g/mol. The van der Waals surface area contributed by atoms with Crippen molar-refractivity contribution in [2.45, 2.75) is 26.2 Å². The minimum atomic E-state index is 0. The molecular formula is C26H25IrN5-2. The van der Waals surface area contributed by atoms with Gasteiger partial charge in [0.25, 0.3) is 0 Å². The molecule has 3 heterocycles. The molecule has 3 aromatic heterocycles. The van der Waals surface area contributed by atoms with Crippen molar-refractivity contribution in [3.63, 3.8) is 0 Å². The Balaban J connectivity index is 0.000000192. The van der Waals surface area contributed by atoms with Crippen LogP contribution in [0.25, 0.3) is 22.2 Å². The van der Waals surface area contributed by atoms with Gasteiger partial charge < -0.3 is 10.2 Å². The summed E-state index contributed by atoms with van der Waals surface area (Å²) in [6.45, 7) is 6.37. The first-order valence-corrected chi connectivity index (χ1v) is 10.0. The number of aromatic nitrogens is 5. The van der Waals surface area contributed by atoms with E-state index in [-0.39, 0.29) is 25.5 Å². The van der Waals surface area contributed by atoms with Gasteiger partial charge >= 0.3 is 0 Å². The van der Waals surface area contributed by atoms with Crippen molar-refractivity contribution in [2.75, 3.05) is 0 Å². The quantitative estimate of drug-likeness (QED) is 0.238. The minimum absolute atomic E-state index is 0. The van der Waals surface area contributed by atoms with Crippen LogP contribution in [0.3, 0.4) is 0 Å². The van der Waals surface area contributed by atoms with Gasteiger partial charge in [-0.15, -0.1) is 35.9 Å². The summed E-state index contributed by atoms with van der Waals surface area (Å²) < 4.78 is 0. The molecule has 0 aliphatic rings. The summed E-state index contributed by atoms with van der Waals surface area (Å²) in [7, 11) is 0. The maximum atomic E-state index is 4.33. The molecule has 5 aromatic rings. The van der Waals surface area contributed by atoms with Gasteiger partial charge in [-0.25, -0.2) is 4.98 Å². The Labute approximate surface area is 202 Å². The summed E-state index contributed by atoms with van der Waals surface area (Å²) >= 11 is 0. The Bertz CT molecular complexity index is 1120. The summed E-state index contributed by atoms with van der Waals surface area (Å²) in [5.41, 5.74) is 4.11. The van der Waals surface area contributed by atoms with Crippen molar-refractivity contribution in [3.05, 3.63) is 109 Å². The Kier molecular flexibility index (Phi) is 9.86. The molecule has 0 saturated carbocycles. The van der Waals surface area contributed by atoms with Crippen LogP contribution in [0, 0.1) is 6.07 Å². The monoisotopic (exact) mass is 600 g/mol. The zero-order chi connectivity index (χ0) is 21.9. The fraction of sp³-hybridized carbons (Fsp3) is 0.154. The first-order chi connectivity index (χ1) is 15.1. The van der Waals surface area contributed by atoms with E-state index in [4.69, 9.17) is 0 Å². The molecule has 0 fully saturated rings. The minimum Gasteiger partial charge on any atom is -0.581 e. The van der Waals surface area contributed by atoms with Crippen molar-refractivity contribution in [2.24, 2.45) is 0 Å². The molecule has 0 aliphatic carbocycles. The van der Waals surface area contributed by atoms with Crippen molar-refractivity contribution in [1.29, 1.82) is 0 Å². The second kappa shape index (κ2) is 12.6. The van der Waals surface area contributed by atoms with Crippen LogP contribution in [-0.4, -0.2) is 20.1 Å². The van der Waals surface area contributed by atoms with Gasteiger partial charge in [-0.2, -0.15) is 6.20 Å². The molecule has 0 aliphatic heterocycles. The summed E-state index contributed by atoms with van der Waals surface area (Å²) in [5.74, 6) is 0. The zero-order valence-corrected chi connectivity index (χ0v) is 20.7. The topological polar surface area (TPSA) is 65.7 Å². The smallest absolute Gasteiger partial charge is 0.106 e. The van der Waals surface area contributed by atoms with Gasteiger partial charge in [-0.3, -0.25) is 9.97 Å². The molecule has 1 radical (unpaired) electrons. The summed E-state index contributed by atoms with van der Waals surface area (Å²) in [4.78, 5) is 12.4. The normalized spacial score (nSPS) is 10.1. The van der Waals surface area contributed by atoms with Crippen LogP contribution in [-0.2, 0) is 25.5 Å². The SMILES string of the molecule is CC(C)(C)c1cc[n-]n1.[Ir].[c-]1ccccc1-c1ncnc2ccccc12.c1ccncc1. The summed E-state index contributed by atoms with van der Waals surface area (Å²) in [6.07, 6.45) is 6.82. The number of pyridine rings is 1. The van der Waals surface area contributed by atoms with Gasteiger partial charge in [0.15, 0.2) is 0 Å². The maximum absolute atomic E-state index is 4.33. The summed E-state index contributed by atoms with van der Waals surface area (Å²) in [6, 6.07) is 26.7. The molecule has 32 heavy (non-hydrogen) atoms. The predicted molar refractivity (Wildman–Crippen MR) is 124 cm³/mol. The van der Waals surface area contributed by atoms with E-state index in [2.05, 4.69) is 52.0 Å². The van der Waals surface area contributed by atoms with Gasteiger partial charge in [-0.1, -0.05) is 51.1 Å². The Morgan fingerprint density at radius 2 is 1.56 bits per heavy atom. The van der Waals surface area contributed by atoms with E-state index in [1.54, 1.807) is 24.9 Å². The Morgan fingerprint density at radius 3 is 2.09 bits per heavy atom. The fourth-order valence-electron chi connectivity index (χ4n) is 2.71. The molecule has 0 saturated heterocycles. The number of hydrogen-bond donors (Lipinski definition) is 0. The molecule has 5 rings (SSSR count). The first-order valence-electron chi connectivity index (χ1n) is 10.0. The molecule has 0 atom stereocenters. The van der Waals surface area contributed by atoms with Crippen molar-refractivity contribution in [1.82, 2.24) is 25.1 Å². The molecule has 0 amide bonds. The van der Waals surface area contributed by atoms with Gasteiger partial charge in [0.2, 0.25) is 0 Å². The van der Waals surface area contributed by atoms with Gasteiger partial charge in [0.1, 0.15) is 6.33 Å². The zero-order valence-electron chi connectivity index (χ0n) is 18.3. The number of nitrogens with zero attached hydrogens (tertiary/aromatic N) is 5. The van der Waals surface area contributed by atoms with E-state index < -0.39 is 0 Å². The van der Waals surface area contributed by atoms with Crippen molar-refractivity contribution < 1.29 is 20.1 Å². The molecule has 0 bridgehead atoms. The number of para-hydroxylation sites is 1. The molecule has 0 N–H and O–H groups in total. The van der Waals surface area contributed by atoms with Crippen LogP contribution < -0.4 is 5.10 Å². The van der Waals surface area contributed by atoms with Crippen LogP contribution in [0.15, 0.2) is 97.7 Å². The predicted octanol–water partition coefficient (Wildman–Crippen LogP) is 5.51. The van der Waals surface area contributed by atoms with E-state index >= 15 is 0 Å². The van der Waals surface area contributed by atoms with E-state index in [0.717, 1.165) is 27.9 Å². The first kappa shape index (κ1) is 25.1. The second-order valence-corrected chi connectivity index (χ2v) is 7.71. The molecule has 0 unspecified atom stereocenters. The molecule has 6 heteroatoms. The summed E-state index contributed by atoms with van der Waals surface area (Å²) in [5, 5.41) is 8.74. The second-order valence-electron chi connectivity index (χ2n) is 7.71. The average Bonchev–Trinajstić information content (AvgIpc) is 3.37. The van der Waals surface area contributed by atoms with Crippen LogP contribution in [0.4, 0.5) is 0 Å². The van der Waals surface area contributed by atoms with E-state index in [1.807, 2.05) is 72.8 Å². The molecule has 2 aromatic carbocycles. The van der Waals surface area contributed by atoms with Crippen molar-refractivity contribution >= 4 is 10.9 Å². The number of hydrogen-bond acceptors (Lipinski definition) is 4. The van der Waals surface area contributed by atoms with Crippen LogP contribution in [0.2, 0.25) is 0 Å². The standard InChI is InChI=1S/C14H9N2.C7H11N2.C5H5N.Ir/c1-2-6-11(7-3-1)14-12-8-4-5-9-13(12)15-10-16-14;1-7(2,3)6-4-5-8-9-6;1-2-4-6-5-3-1;/h1-6,8-10H;4-5H,1-3H3;1-5H;/q2*-1;;. The van der Waals surface area contributed by atoms with Gasteiger partial charge in [-0.05, 0) is 29.3 Å². The third kappa shape index (κ3) is 7.49. The van der Waals surface area contributed by atoms with Crippen LogP contribution in [0.5, 0.6) is 0 Å². The Morgan fingerprint density at radius 1 is 0.812 bits per heavy atom. The number of rotatable bonds is 1. The van der Waals surface area contributed by atoms with E-state index in [9.17, 15) is 0 Å². The fourth-order valence-corrected chi connectivity index (χ4v) is 2.71. The Hall–Kier alpha value is -3.21. The largest absolute Gasteiger partial charge is 0.581 e. The van der Waals surface area contributed by atoms with Crippen LogP contribution in [0.1, 0.15) is 26.5 Å². The van der Waals surface area contributed by atoms with E-state index in [0.29, 0.717) is 0 Å². The molecular weight excluding hydrogens is 575 g/mol. The van der Waals surface area contributed by atoms with E-state index in [1.165, 1.54) is 0 Å². The third-order valence-corrected chi connectivity index (χ3v) is 4.31. The van der Waals surface area contributed by atoms with Crippen LogP contribution >= 0.6 is 0 Å². The third-order valence-electron chi connectivity index (χ3n) is 4.31. The maximum Gasteiger partial charge on any atom is 0.106 e.